The average Bonchev–Trinajstić information content (AvgIpc) is 2.27. The maximum Gasteiger partial charge on any atom is 0.243 e. The van der Waals surface area contributed by atoms with Gasteiger partial charge in [-0.05, 0) is 5.56 Å². The molecule has 0 bridgehead atoms. The molecular formula is C11H14BrNO2. The Morgan fingerprint density at radius 3 is 2.73 bits per heavy atom. The highest BCUT2D eigenvalue weighted by Gasteiger charge is 2.07. The summed E-state index contributed by atoms with van der Waals surface area (Å²) in [6, 6.07) is 9.93. The van der Waals surface area contributed by atoms with E-state index in [4.69, 9.17) is 4.84 Å². The van der Waals surface area contributed by atoms with Crippen molar-refractivity contribution in [2.75, 3.05) is 0 Å². The van der Waals surface area contributed by atoms with Crippen LogP contribution in [0, 0.1) is 0 Å². The van der Waals surface area contributed by atoms with Crippen molar-refractivity contribution in [1.29, 1.82) is 0 Å². The summed E-state index contributed by atoms with van der Waals surface area (Å²) in [6.45, 7) is 1.78. The topological polar surface area (TPSA) is 38.3 Å². The van der Waals surface area contributed by atoms with Crippen LogP contribution >= 0.6 is 15.9 Å². The molecule has 0 aliphatic rings. The SMILES string of the molecule is CCC(=O)NOC(Br)Cc1ccccc1. The van der Waals surface area contributed by atoms with Gasteiger partial charge in [-0.15, -0.1) is 0 Å². The largest absolute Gasteiger partial charge is 0.273 e. The first-order valence-corrected chi connectivity index (χ1v) is 5.76. The third-order valence-corrected chi connectivity index (χ3v) is 2.37. The van der Waals surface area contributed by atoms with Crippen molar-refractivity contribution in [3.8, 4) is 0 Å². The molecule has 0 fully saturated rings. The minimum absolute atomic E-state index is 0.118. The van der Waals surface area contributed by atoms with Gasteiger partial charge in [0.1, 0.15) is 5.01 Å². The number of nitrogens with one attached hydrogen (secondary N) is 1. The number of hydrogen-bond donors (Lipinski definition) is 1. The number of alkyl halides is 1. The zero-order chi connectivity index (χ0) is 11.1. The van der Waals surface area contributed by atoms with Crippen molar-refractivity contribution in [3.63, 3.8) is 0 Å². The lowest BCUT2D eigenvalue weighted by atomic mass is 10.2. The number of rotatable bonds is 5. The molecule has 0 saturated carbocycles. The minimum Gasteiger partial charge on any atom is -0.273 e. The molecule has 1 rings (SSSR count). The first-order chi connectivity index (χ1) is 7.22. The van der Waals surface area contributed by atoms with Gasteiger partial charge in [-0.3, -0.25) is 9.63 Å². The number of amides is 1. The van der Waals surface area contributed by atoms with Crippen molar-refractivity contribution in [1.82, 2.24) is 5.48 Å². The highest BCUT2D eigenvalue weighted by molar-refractivity contribution is 9.09. The van der Waals surface area contributed by atoms with Gasteiger partial charge < -0.3 is 0 Å². The van der Waals surface area contributed by atoms with E-state index in [2.05, 4.69) is 21.4 Å². The van der Waals surface area contributed by atoms with Gasteiger partial charge in [-0.2, -0.15) is 0 Å². The molecule has 15 heavy (non-hydrogen) atoms. The highest BCUT2D eigenvalue weighted by atomic mass is 79.9. The predicted octanol–water partition coefficient (Wildman–Crippen LogP) is 2.41. The number of carbonyl (C=O) groups excluding carboxylic acids is 1. The molecule has 82 valence electrons. The molecule has 0 spiro atoms. The fourth-order valence-corrected chi connectivity index (χ4v) is 1.51. The molecule has 1 aromatic carbocycles. The molecular weight excluding hydrogens is 258 g/mol. The number of benzene rings is 1. The Kier molecular flexibility index (Phi) is 5.36. The van der Waals surface area contributed by atoms with Gasteiger partial charge in [0.05, 0.1) is 0 Å². The number of hydrogen-bond acceptors (Lipinski definition) is 2. The summed E-state index contributed by atoms with van der Waals surface area (Å²) < 4.78 is 0. The van der Waals surface area contributed by atoms with E-state index in [0.29, 0.717) is 12.8 Å². The summed E-state index contributed by atoms with van der Waals surface area (Å²) in [6.07, 6.45) is 1.13. The third-order valence-electron chi connectivity index (χ3n) is 1.86. The van der Waals surface area contributed by atoms with Crippen LogP contribution in [0.25, 0.3) is 0 Å². The molecule has 0 aromatic heterocycles. The fourth-order valence-electron chi connectivity index (χ4n) is 1.04. The second-order valence-electron chi connectivity index (χ2n) is 3.10. The van der Waals surface area contributed by atoms with E-state index in [9.17, 15) is 4.79 Å². The molecule has 1 amide bonds. The monoisotopic (exact) mass is 271 g/mol. The second-order valence-corrected chi connectivity index (χ2v) is 4.12. The summed E-state index contributed by atoms with van der Waals surface area (Å²) >= 11 is 3.34. The van der Waals surface area contributed by atoms with Crippen LogP contribution in [0.4, 0.5) is 0 Å². The summed E-state index contributed by atoms with van der Waals surface area (Å²) in [7, 11) is 0. The summed E-state index contributed by atoms with van der Waals surface area (Å²) in [5.41, 5.74) is 3.52. The Morgan fingerprint density at radius 1 is 1.47 bits per heavy atom. The lowest BCUT2D eigenvalue weighted by Gasteiger charge is -2.11. The Balaban J connectivity index is 2.30. The maximum atomic E-state index is 10.9. The van der Waals surface area contributed by atoms with Crippen LogP contribution in [-0.4, -0.2) is 10.9 Å². The molecule has 0 aliphatic heterocycles. The van der Waals surface area contributed by atoms with Crippen molar-refractivity contribution in [2.45, 2.75) is 24.8 Å². The average molecular weight is 272 g/mol. The molecule has 0 aliphatic carbocycles. The first kappa shape index (κ1) is 12.2. The normalized spacial score (nSPS) is 12.1. The molecule has 0 saturated heterocycles. The quantitative estimate of drug-likeness (QED) is 0.660. The molecule has 4 heteroatoms. The van der Waals surface area contributed by atoms with Gasteiger partial charge in [0.25, 0.3) is 0 Å². The van der Waals surface area contributed by atoms with E-state index in [0.717, 1.165) is 5.56 Å². The smallest absolute Gasteiger partial charge is 0.243 e. The van der Waals surface area contributed by atoms with Crippen LogP contribution in [0.15, 0.2) is 30.3 Å². The van der Waals surface area contributed by atoms with Crippen LogP contribution in [0.2, 0.25) is 0 Å². The Bertz CT molecular complexity index is 303. The van der Waals surface area contributed by atoms with Crippen molar-refractivity contribution in [2.24, 2.45) is 0 Å². The van der Waals surface area contributed by atoms with Crippen LogP contribution in [-0.2, 0) is 16.1 Å². The molecule has 1 N–H and O–H groups in total. The molecule has 1 aromatic rings. The van der Waals surface area contributed by atoms with Gasteiger partial charge >= 0.3 is 0 Å². The Hall–Kier alpha value is -0.870. The Labute approximate surface area is 97.9 Å². The first-order valence-electron chi connectivity index (χ1n) is 4.85. The van der Waals surface area contributed by atoms with Crippen LogP contribution in [0.1, 0.15) is 18.9 Å². The molecule has 1 atom stereocenters. The van der Waals surface area contributed by atoms with Crippen molar-refractivity contribution >= 4 is 21.8 Å². The van der Waals surface area contributed by atoms with Gasteiger partial charge in [0, 0.05) is 12.8 Å². The van der Waals surface area contributed by atoms with Gasteiger partial charge in [0.15, 0.2) is 0 Å². The number of carbonyl (C=O) groups is 1. The highest BCUT2D eigenvalue weighted by Crippen LogP contribution is 2.09. The van der Waals surface area contributed by atoms with Crippen LogP contribution in [0.3, 0.4) is 0 Å². The summed E-state index contributed by atoms with van der Waals surface area (Å²) in [5.74, 6) is -0.118. The van der Waals surface area contributed by atoms with E-state index in [1.165, 1.54) is 0 Å². The van der Waals surface area contributed by atoms with E-state index >= 15 is 0 Å². The predicted molar refractivity (Wildman–Crippen MR) is 62.4 cm³/mol. The van der Waals surface area contributed by atoms with E-state index in [1.807, 2.05) is 30.3 Å². The zero-order valence-corrected chi connectivity index (χ0v) is 10.2. The summed E-state index contributed by atoms with van der Waals surface area (Å²) in [4.78, 5) is 16.0. The van der Waals surface area contributed by atoms with Gasteiger partial charge in [-0.25, -0.2) is 5.48 Å². The molecule has 0 radical (unpaired) electrons. The van der Waals surface area contributed by atoms with Crippen molar-refractivity contribution < 1.29 is 9.63 Å². The second kappa shape index (κ2) is 6.58. The standard InChI is InChI=1S/C11H14BrNO2/c1-2-11(14)13-15-10(12)8-9-6-4-3-5-7-9/h3-7,10H,2,8H2,1H3,(H,13,14). The lowest BCUT2D eigenvalue weighted by Crippen LogP contribution is -2.27. The van der Waals surface area contributed by atoms with E-state index in [-0.39, 0.29) is 10.9 Å². The summed E-state index contributed by atoms with van der Waals surface area (Å²) in [5, 5.41) is -0.199. The lowest BCUT2D eigenvalue weighted by molar-refractivity contribution is -0.134. The van der Waals surface area contributed by atoms with Gasteiger partial charge in [0.2, 0.25) is 5.91 Å². The molecule has 0 heterocycles. The third kappa shape index (κ3) is 4.95. The Morgan fingerprint density at radius 2 is 2.13 bits per heavy atom. The van der Waals surface area contributed by atoms with Crippen LogP contribution in [0.5, 0.6) is 0 Å². The van der Waals surface area contributed by atoms with Crippen LogP contribution < -0.4 is 5.48 Å². The fraction of sp³-hybridized carbons (Fsp3) is 0.364. The number of halogens is 1. The molecule has 3 nitrogen and oxygen atoms in total. The van der Waals surface area contributed by atoms with E-state index in [1.54, 1.807) is 6.92 Å². The van der Waals surface area contributed by atoms with Gasteiger partial charge in [-0.1, -0.05) is 53.2 Å². The zero-order valence-electron chi connectivity index (χ0n) is 8.57. The molecule has 1 unspecified atom stereocenters. The van der Waals surface area contributed by atoms with E-state index < -0.39 is 0 Å². The maximum absolute atomic E-state index is 10.9. The number of hydroxylamine groups is 1. The minimum atomic E-state index is -0.199. The van der Waals surface area contributed by atoms with Crippen molar-refractivity contribution in [3.05, 3.63) is 35.9 Å².